The van der Waals surface area contributed by atoms with Gasteiger partial charge in [0, 0.05) is 62.1 Å². The van der Waals surface area contributed by atoms with Gasteiger partial charge >= 0.3 is 12.4 Å². The van der Waals surface area contributed by atoms with Gasteiger partial charge in [-0.25, -0.2) is 0 Å². The van der Waals surface area contributed by atoms with Crippen molar-refractivity contribution in [3.8, 4) is 0 Å². The van der Waals surface area contributed by atoms with Crippen LogP contribution in [0.15, 0.2) is 53.6 Å². The van der Waals surface area contributed by atoms with Crippen LogP contribution in [0.3, 0.4) is 0 Å². The second-order valence-electron chi connectivity index (χ2n) is 10.8. The summed E-state index contributed by atoms with van der Waals surface area (Å²) in [5.74, 6) is -4.31. The molecule has 0 radical (unpaired) electrons. The molecular weight excluding hydrogens is 538 g/mol. The number of rotatable bonds is 7. The van der Waals surface area contributed by atoms with Gasteiger partial charge in [-0.15, -0.1) is 0 Å². The van der Waals surface area contributed by atoms with Gasteiger partial charge in [0.2, 0.25) is 5.91 Å². The first kappa shape index (κ1) is 28.3. The van der Waals surface area contributed by atoms with Crippen molar-refractivity contribution in [1.82, 2.24) is 19.4 Å². The second kappa shape index (κ2) is 10.6. The monoisotopic (exact) mass is 568 g/mol. The number of piperidine rings is 1. The Hall–Kier alpha value is -3.28. The zero-order valence-electron chi connectivity index (χ0n) is 21.8. The maximum Gasteiger partial charge on any atom is 0.402 e. The number of aryl methyl sites for hydroxylation is 1. The quantitative estimate of drug-likeness (QED) is 0.410. The topological polar surface area (TPSA) is 59.3 Å². The summed E-state index contributed by atoms with van der Waals surface area (Å²) in [4.78, 5) is 28.0. The minimum absolute atomic E-state index is 0.0565. The summed E-state index contributed by atoms with van der Waals surface area (Å²) in [5, 5.41) is 3.76. The highest BCUT2D eigenvalue weighted by molar-refractivity contribution is 5.85. The number of alkyl halides is 6. The second-order valence-corrected chi connectivity index (χ2v) is 10.8. The zero-order chi connectivity index (χ0) is 28.8. The van der Waals surface area contributed by atoms with Crippen molar-refractivity contribution in [1.29, 1.82) is 0 Å². The lowest BCUT2D eigenvalue weighted by molar-refractivity contribution is -0.287. The Balaban J connectivity index is 1.46. The van der Waals surface area contributed by atoms with Crippen molar-refractivity contribution >= 4 is 16.8 Å². The molecule has 1 amide bonds. The molecule has 1 N–H and O–H groups in total. The Morgan fingerprint density at radius 3 is 2.42 bits per heavy atom. The normalized spacial score (nSPS) is 20.3. The number of para-hydroxylation sites is 1. The number of aromatic nitrogens is 2. The van der Waals surface area contributed by atoms with Crippen LogP contribution in [-0.4, -0.2) is 51.4 Å². The number of amides is 1. The third-order valence-corrected chi connectivity index (χ3v) is 8.01. The van der Waals surface area contributed by atoms with Gasteiger partial charge in [-0.1, -0.05) is 18.2 Å². The van der Waals surface area contributed by atoms with Crippen LogP contribution in [0, 0.1) is 11.8 Å². The Morgan fingerprint density at radius 2 is 1.77 bits per heavy atom. The maximum atomic E-state index is 14.0. The molecule has 1 saturated carbocycles. The molecule has 2 fully saturated rings. The third kappa shape index (κ3) is 5.77. The number of nitrogens with one attached hydrogen (secondary N) is 1. The summed E-state index contributed by atoms with van der Waals surface area (Å²) in [7, 11) is 1.65. The first-order valence-corrected chi connectivity index (χ1v) is 13.2. The predicted octanol–water partition coefficient (Wildman–Crippen LogP) is 4.97. The van der Waals surface area contributed by atoms with E-state index in [-0.39, 0.29) is 35.5 Å². The van der Waals surface area contributed by atoms with Crippen molar-refractivity contribution in [2.45, 2.75) is 56.7 Å². The first-order valence-electron chi connectivity index (χ1n) is 13.2. The number of hydrogen-bond acceptors (Lipinski definition) is 3. The Morgan fingerprint density at radius 1 is 1.07 bits per heavy atom. The molecule has 1 aliphatic carbocycles. The molecule has 5 rings (SSSR count). The number of fused-ring (bicyclic) bond motifs is 1. The van der Waals surface area contributed by atoms with E-state index in [1.54, 1.807) is 42.4 Å². The fourth-order valence-corrected chi connectivity index (χ4v) is 5.67. The largest absolute Gasteiger partial charge is 0.402 e. The van der Waals surface area contributed by atoms with Crippen molar-refractivity contribution in [3.63, 3.8) is 0 Å². The molecule has 12 heteroatoms. The highest BCUT2D eigenvalue weighted by atomic mass is 19.4. The van der Waals surface area contributed by atoms with Crippen LogP contribution in [-0.2, 0) is 24.9 Å². The van der Waals surface area contributed by atoms with Crippen molar-refractivity contribution < 1.29 is 31.1 Å². The molecule has 0 bridgehead atoms. The zero-order valence-corrected chi connectivity index (χ0v) is 21.8. The van der Waals surface area contributed by atoms with E-state index in [0.29, 0.717) is 30.5 Å². The summed E-state index contributed by atoms with van der Waals surface area (Å²) in [6.07, 6.45) is -5.74. The van der Waals surface area contributed by atoms with Crippen LogP contribution >= 0.6 is 0 Å². The predicted molar refractivity (Wildman–Crippen MR) is 137 cm³/mol. The number of benzene rings is 1. The van der Waals surface area contributed by atoms with Crippen molar-refractivity contribution in [2.75, 3.05) is 13.1 Å². The third-order valence-electron chi connectivity index (χ3n) is 8.01. The number of pyridine rings is 1. The van der Waals surface area contributed by atoms with E-state index in [2.05, 4.69) is 5.32 Å². The number of carbonyl (C=O) groups is 1. The van der Waals surface area contributed by atoms with Gasteiger partial charge < -0.3 is 19.4 Å². The van der Waals surface area contributed by atoms with E-state index in [1.807, 2.05) is 6.07 Å². The van der Waals surface area contributed by atoms with Gasteiger partial charge in [0.25, 0.3) is 5.56 Å². The minimum Gasteiger partial charge on any atom is -0.346 e. The van der Waals surface area contributed by atoms with Crippen LogP contribution in [0.2, 0.25) is 0 Å². The molecule has 3 heterocycles. The van der Waals surface area contributed by atoms with E-state index in [1.165, 1.54) is 16.8 Å². The van der Waals surface area contributed by atoms with Crippen molar-refractivity contribution in [3.05, 3.63) is 70.3 Å². The molecule has 1 aromatic carbocycles. The van der Waals surface area contributed by atoms with Gasteiger partial charge in [0.05, 0.1) is 5.92 Å². The lowest BCUT2D eigenvalue weighted by Gasteiger charge is -2.35. The Bertz CT molecular complexity index is 1430. The average Bonchev–Trinajstić information content (AvgIpc) is 3.68. The molecule has 0 unspecified atom stereocenters. The molecular formula is C28H30F6N4O2. The minimum atomic E-state index is -5.46. The number of nitrogens with zero attached hydrogens (tertiary/aromatic N) is 3. The molecule has 2 atom stereocenters. The molecule has 3 aromatic rings. The SMILES string of the molecule is Cn1ccc([C@@H]2CCNC[C@H]2C(=O)N(Cc2cn(CC(C(F)(F)F)C(F)(F)F)c3ccccc23)C2CC2)cc1=O. The lowest BCUT2D eigenvalue weighted by Crippen LogP contribution is -2.47. The van der Waals surface area contributed by atoms with Gasteiger partial charge in [0.1, 0.15) is 0 Å². The average molecular weight is 569 g/mol. The summed E-state index contributed by atoms with van der Waals surface area (Å²) < 4.78 is 82.6. The van der Waals surface area contributed by atoms with E-state index < -0.39 is 30.7 Å². The van der Waals surface area contributed by atoms with E-state index >= 15 is 0 Å². The first-order chi connectivity index (χ1) is 18.8. The molecule has 1 saturated heterocycles. The number of halogens is 6. The molecule has 1 aliphatic heterocycles. The van der Waals surface area contributed by atoms with Crippen LogP contribution in [0.4, 0.5) is 26.3 Å². The van der Waals surface area contributed by atoms with Crippen LogP contribution < -0.4 is 10.9 Å². The van der Waals surface area contributed by atoms with Crippen LogP contribution in [0.5, 0.6) is 0 Å². The van der Waals surface area contributed by atoms with Gasteiger partial charge in [-0.2, -0.15) is 26.3 Å². The molecule has 6 nitrogen and oxygen atoms in total. The van der Waals surface area contributed by atoms with Gasteiger partial charge in [-0.05, 0) is 55.0 Å². The highest BCUT2D eigenvalue weighted by Gasteiger charge is 2.56. The van der Waals surface area contributed by atoms with Crippen molar-refractivity contribution in [2.24, 2.45) is 18.9 Å². The maximum absolute atomic E-state index is 14.0. The van der Waals surface area contributed by atoms with E-state index in [0.717, 1.165) is 23.0 Å². The molecule has 0 spiro atoms. The van der Waals surface area contributed by atoms with E-state index in [4.69, 9.17) is 0 Å². The van der Waals surface area contributed by atoms with Gasteiger partial charge in [0.15, 0.2) is 5.92 Å². The summed E-state index contributed by atoms with van der Waals surface area (Å²) in [6.45, 7) is -0.148. The number of carbonyl (C=O) groups excluding carboxylic acids is 1. The fourth-order valence-electron chi connectivity index (χ4n) is 5.67. The molecule has 2 aliphatic rings. The Kier molecular flexibility index (Phi) is 7.49. The molecule has 216 valence electrons. The standard InChI is InChI=1S/C28H30F6N4O2/c1-36-11-9-17(12-25(36)39)20-8-10-35-13-22(20)26(40)38(19-6-7-19)15-18-14-37(23-5-3-2-4-21(18)23)16-24(27(29,30)31)28(32,33)34/h2-5,9,11-12,14,19-20,22,24,35H,6-8,10,13,15-16H2,1H3/t20-,22+/m0/s1. The molecule has 2 aromatic heterocycles. The summed E-state index contributed by atoms with van der Waals surface area (Å²) in [6, 6.07) is 9.69. The summed E-state index contributed by atoms with van der Waals surface area (Å²) >= 11 is 0. The lowest BCUT2D eigenvalue weighted by atomic mass is 9.80. The highest BCUT2D eigenvalue weighted by Crippen LogP contribution is 2.42. The fraction of sp³-hybridized carbons (Fsp3) is 0.500. The summed E-state index contributed by atoms with van der Waals surface area (Å²) in [5.41, 5.74) is 1.34. The van der Waals surface area contributed by atoms with Crippen LogP contribution in [0.25, 0.3) is 10.9 Å². The number of hydrogen-bond donors (Lipinski definition) is 1. The molecule has 40 heavy (non-hydrogen) atoms. The Labute approximate surface area is 226 Å². The smallest absolute Gasteiger partial charge is 0.346 e. The van der Waals surface area contributed by atoms with Gasteiger partial charge in [-0.3, -0.25) is 9.59 Å². The van der Waals surface area contributed by atoms with E-state index in [9.17, 15) is 35.9 Å². The van der Waals surface area contributed by atoms with Crippen LogP contribution in [0.1, 0.15) is 36.3 Å².